The van der Waals surface area contributed by atoms with E-state index in [0.29, 0.717) is 0 Å². The lowest BCUT2D eigenvalue weighted by Crippen LogP contribution is -2.27. The maximum absolute atomic E-state index is 11.6. The topological polar surface area (TPSA) is 56.2 Å². The molecule has 0 aromatic carbocycles. The summed E-state index contributed by atoms with van der Waals surface area (Å²) in [6.45, 7) is 7.01. The van der Waals surface area contributed by atoms with Gasteiger partial charge >= 0.3 is 6.09 Å². The lowest BCUT2D eigenvalue weighted by molar-refractivity contribution is 0.0513. The van der Waals surface area contributed by atoms with Crippen molar-refractivity contribution in [3.63, 3.8) is 0 Å². The molecule has 0 amide bonds. The SMILES string of the molecule is CC(C)(C)OC(=O)n1cc2c(n1)CNC2. The molecule has 82 valence electrons. The van der Waals surface area contributed by atoms with E-state index in [1.165, 1.54) is 4.68 Å². The van der Waals surface area contributed by atoms with Crippen molar-refractivity contribution >= 4 is 6.09 Å². The first-order valence-electron chi connectivity index (χ1n) is 4.97. The van der Waals surface area contributed by atoms with E-state index < -0.39 is 11.7 Å². The van der Waals surface area contributed by atoms with Gasteiger partial charge in [0.1, 0.15) is 5.60 Å². The number of carbonyl (C=O) groups is 1. The molecule has 0 radical (unpaired) electrons. The van der Waals surface area contributed by atoms with Gasteiger partial charge in [-0.3, -0.25) is 0 Å². The van der Waals surface area contributed by atoms with Crippen molar-refractivity contribution in [1.82, 2.24) is 15.1 Å². The smallest absolute Gasteiger partial charge is 0.435 e. The van der Waals surface area contributed by atoms with Gasteiger partial charge in [-0.05, 0) is 20.8 Å². The Bertz CT molecular complexity index is 368. The molecule has 0 atom stereocenters. The third-order valence-corrected chi connectivity index (χ3v) is 2.07. The lowest BCUT2D eigenvalue weighted by atomic mass is 10.2. The predicted molar refractivity (Wildman–Crippen MR) is 54.4 cm³/mol. The fraction of sp³-hybridized carbons (Fsp3) is 0.600. The number of carbonyl (C=O) groups excluding carboxylic acids is 1. The van der Waals surface area contributed by atoms with Crippen molar-refractivity contribution in [2.45, 2.75) is 39.5 Å². The Morgan fingerprint density at radius 3 is 2.87 bits per heavy atom. The zero-order chi connectivity index (χ0) is 11.1. The second-order valence-electron chi connectivity index (χ2n) is 4.63. The minimum atomic E-state index is -0.480. The number of ether oxygens (including phenoxy) is 1. The monoisotopic (exact) mass is 209 g/mol. The fourth-order valence-corrected chi connectivity index (χ4v) is 1.46. The Kier molecular flexibility index (Phi) is 2.26. The molecule has 1 aliphatic rings. The van der Waals surface area contributed by atoms with Crippen LogP contribution in [0.4, 0.5) is 4.79 Å². The summed E-state index contributed by atoms with van der Waals surface area (Å²) in [5.74, 6) is 0. The normalized spacial score (nSPS) is 15.1. The molecule has 1 aromatic rings. The molecule has 1 N–H and O–H groups in total. The molecule has 1 aromatic heterocycles. The van der Waals surface area contributed by atoms with Crippen molar-refractivity contribution in [1.29, 1.82) is 0 Å². The molecule has 0 fully saturated rings. The molecule has 2 heterocycles. The van der Waals surface area contributed by atoms with E-state index in [4.69, 9.17) is 4.74 Å². The maximum Gasteiger partial charge on any atom is 0.435 e. The van der Waals surface area contributed by atoms with Crippen molar-refractivity contribution in [2.24, 2.45) is 0 Å². The third kappa shape index (κ3) is 2.18. The van der Waals surface area contributed by atoms with Gasteiger partial charge in [-0.25, -0.2) is 4.79 Å². The zero-order valence-corrected chi connectivity index (χ0v) is 9.20. The first kappa shape index (κ1) is 10.2. The van der Waals surface area contributed by atoms with Gasteiger partial charge in [-0.15, -0.1) is 0 Å². The molecule has 0 saturated heterocycles. The summed E-state index contributed by atoms with van der Waals surface area (Å²) in [5.41, 5.74) is 1.52. The van der Waals surface area contributed by atoms with Crippen LogP contribution in [0, 0.1) is 0 Å². The lowest BCUT2D eigenvalue weighted by Gasteiger charge is -2.18. The Hall–Kier alpha value is -1.36. The molecule has 0 unspecified atom stereocenters. The second kappa shape index (κ2) is 3.34. The molecule has 5 heteroatoms. The molecule has 5 nitrogen and oxygen atoms in total. The Balaban J connectivity index is 2.13. The quantitative estimate of drug-likeness (QED) is 0.699. The zero-order valence-electron chi connectivity index (χ0n) is 9.20. The molecule has 1 aliphatic heterocycles. The van der Waals surface area contributed by atoms with Crippen LogP contribution in [0.3, 0.4) is 0 Å². The van der Waals surface area contributed by atoms with E-state index in [1.807, 2.05) is 20.8 Å². The molecule has 0 bridgehead atoms. The molecule has 0 saturated carbocycles. The van der Waals surface area contributed by atoms with Crippen LogP contribution in [-0.4, -0.2) is 21.5 Å². The van der Waals surface area contributed by atoms with Gasteiger partial charge in [0.25, 0.3) is 0 Å². The van der Waals surface area contributed by atoms with Crippen LogP contribution in [0.1, 0.15) is 32.0 Å². The first-order valence-corrected chi connectivity index (χ1v) is 4.97. The van der Waals surface area contributed by atoms with E-state index in [0.717, 1.165) is 24.3 Å². The van der Waals surface area contributed by atoms with Crippen LogP contribution in [0.5, 0.6) is 0 Å². The molecule has 0 aliphatic carbocycles. The summed E-state index contributed by atoms with van der Waals surface area (Å²) in [4.78, 5) is 11.6. The third-order valence-electron chi connectivity index (χ3n) is 2.07. The fourth-order valence-electron chi connectivity index (χ4n) is 1.46. The second-order valence-corrected chi connectivity index (χ2v) is 4.63. The van der Waals surface area contributed by atoms with Gasteiger partial charge in [0.15, 0.2) is 0 Å². The number of fused-ring (bicyclic) bond motifs is 1. The van der Waals surface area contributed by atoms with Crippen molar-refractivity contribution in [3.8, 4) is 0 Å². The summed E-state index contributed by atoms with van der Waals surface area (Å²) in [7, 11) is 0. The number of aromatic nitrogens is 2. The Labute approximate surface area is 88.4 Å². The highest BCUT2D eigenvalue weighted by molar-refractivity contribution is 5.70. The average molecular weight is 209 g/mol. The number of nitrogens with zero attached hydrogens (tertiary/aromatic N) is 2. The van der Waals surface area contributed by atoms with Crippen LogP contribution in [-0.2, 0) is 17.8 Å². The van der Waals surface area contributed by atoms with Crippen molar-refractivity contribution in [2.75, 3.05) is 0 Å². The summed E-state index contributed by atoms with van der Waals surface area (Å²) < 4.78 is 6.48. The van der Waals surface area contributed by atoms with Crippen molar-refractivity contribution < 1.29 is 9.53 Å². The number of hydrogen-bond acceptors (Lipinski definition) is 4. The van der Waals surface area contributed by atoms with Crippen LogP contribution in [0.15, 0.2) is 6.20 Å². The molecule has 2 rings (SSSR count). The largest absolute Gasteiger partial charge is 0.442 e. The average Bonchev–Trinajstić information content (AvgIpc) is 2.56. The number of nitrogens with one attached hydrogen (secondary N) is 1. The standard InChI is InChI=1S/C10H15N3O2/c1-10(2,3)15-9(14)13-6-7-4-11-5-8(7)12-13/h6,11H,4-5H2,1-3H3. The molecule has 15 heavy (non-hydrogen) atoms. The van der Waals surface area contributed by atoms with Gasteiger partial charge in [0, 0.05) is 24.8 Å². The van der Waals surface area contributed by atoms with Gasteiger partial charge in [-0.1, -0.05) is 0 Å². The molecule has 0 spiro atoms. The predicted octanol–water partition coefficient (Wildman–Crippen LogP) is 1.27. The minimum absolute atomic E-state index is 0.420. The summed E-state index contributed by atoms with van der Waals surface area (Å²) in [6, 6.07) is 0. The summed E-state index contributed by atoms with van der Waals surface area (Å²) in [5, 5.41) is 7.31. The van der Waals surface area contributed by atoms with E-state index in [9.17, 15) is 4.79 Å². The van der Waals surface area contributed by atoms with Crippen LogP contribution in [0.2, 0.25) is 0 Å². The highest BCUT2D eigenvalue weighted by Gasteiger charge is 2.21. The van der Waals surface area contributed by atoms with E-state index >= 15 is 0 Å². The van der Waals surface area contributed by atoms with Crippen LogP contribution < -0.4 is 5.32 Å². The van der Waals surface area contributed by atoms with Crippen molar-refractivity contribution in [3.05, 3.63) is 17.5 Å². The number of hydrogen-bond donors (Lipinski definition) is 1. The number of rotatable bonds is 0. The van der Waals surface area contributed by atoms with E-state index in [1.54, 1.807) is 6.20 Å². The van der Waals surface area contributed by atoms with E-state index in [-0.39, 0.29) is 0 Å². The summed E-state index contributed by atoms with van der Waals surface area (Å²) in [6.07, 6.45) is 1.31. The Morgan fingerprint density at radius 1 is 1.53 bits per heavy atom. The highest BCUT2D eigenvalue weighted by Crippen LogP contribution is 2.14. The van der Waals surface area contributed by atoms with Gasteiger partial charge < -0.3 is 10.1 Å². The van der Waals surface area contributed by atoms with Crippen LogP contribution >= 0.6 is 0 Å². The molecular formula is C10H15N3O2. The molecular weight excluding hydrogens is 194 g/mol. The highest BCUT2D eigenvalue weighted by atomic mass is 16.6. The van der Waals surface area contributed by atoms with Gasteiger partial charge in [-0.2, -0.15) is 9.78 Å². The Morgan fingerprint density at radius 2 is 2.27 bits per heavy atom. The maximum atomic E-state index is 11.6. The van der Waals surface area contributed by atoms with Gasteiger partial charge in [0.05, 0.1) is 5.69 Å². The minimum Gasteiger partial charge on any atom is -0.442 e. The first-order chi connectivity index (χ1) is 6.96. The van der Waals surface area contributed by atoms with E-state index in [2.05, 4.69) is 10.4 Å². The van der Waals surface area contributed by atoms with Crippen LogP contribution in [0.25, 0.3) is 0 Å². The van der Waals surface area contributed by atoms with Gasteiger partial charge in [0.2, 0.25) is 0 Å². The summed E-state index contributed by atoms with van der Waals surface area (Å²) >= 11 is 0.